The van der Waals surface area contributed by atoms with E-state index in [2.05, 4.69) is 25.0 Å². The molecule has 5 aromatic rings. The summed E-state index contributed by atoms with van der Waals surface area (Å²) < 4.78 is 41.8. The number of imidazole rings is 1. The van der Waals surface area contributed by atoms with Gasteiger partial charge in [-0.25, -0.2) is 14.5 Å². The van der Waals surface area contributed by atoms with Crippen LogP contribution in [-0.2, 0) is 6.18 Å². The number of hydrogen-bond donors (Lipinski definition) is 1. The summed E-state index contributed by atoms with van der Waals surface area (Å²) in [7, 11) is 0. The summed E-state index contributed by atoms with van der Waals surface area (Å²) >= 11 is 0. The molecule has 0 saturated heterocycles. The van der Waals surface area contributed by atoms with E-state index in [4.69, 9.17) is 0 Å². The third kappa shape index (κ3) is 2.90. The number of aromatic nitrogens is 6. The van der Waals surface area contributed by atoms with E-state index in [1.54, 1.807) is 35.0 Å². The predicted octanol–water partition coefficient (Wildman–Crippen LogP) is 4.97. The van der Waals surface area contributed by atoms with Gasteiger partial charge in [-0.15, -0.1) is 5.10 Å². The fraction of sp³-hybridized carbons (Fsp3) is 0.143. The molecule has 30 heavy (non-hydrogen) atoms. The molecule has 150 valence electrons. The van der Waals surface area contributed by atoms with Crippen molar-refractivity contribution in [1.82, 2.24) is 29.5 Å². The van der Waals surface area contributed by atoms with Gasteiger partial charge < -0.3 is 4.98 Å². The van der Waals surface area contributed by atoms with E-state index in [0.29, 0.717) is 22.5 Å². The van der Waals surface area contributed by atoms with Gasteiger partial charge in [-0.05, 0) is 38.1 Å². The zero-order valence-electron chi connectivity index (χ0n) is 16.0. The highest BCUT2D eigenvalue weighted by atomic mass is 19.4. The first kappa shape index (κ1) is 18.3. The van der Waals surface area contributed by atoms with Gasteiger partial charge in [-0.1, -0.05) is 18.2 Å². The van der Waals surface area contributed by atoms with Crippen LogP contribution in [0.5, 0.6) is 0 Å². The number of benzene rings is 2. The van der Waals surface area contributed by atoms with E-state index in [-0.39, 0.29) is 11.4 Å². The third-order valence-electron chi connectivity index (χ3n) is 4.94. The predicted molar refractivity (Wildman–Crippen MR) is 106 cm³/mol. The fourth-order valence-corrected chi connectivity index (χ4v) is 3.43. The number of hydrogen-bond acceptors (Lipinski definition) is 4. The Morgan fingerprint density at radius 1 is 1.00 bits per heavy atom. The van der Waals surface area contributed by atoms with E-state index in [9.17, 15) is 13.2 Å². The second-order valence-corrected chi connectivity index (χ2v) is 7.02. The Kier molecular flexibility index (Phi) is 3.89. The SMILES string of the molecule is Cc1ncc(C)n2nc(-c3ccc4nc(-c5ccccc5C(F)(F)F)[nH]c4c3)nc12. The van der Waals surface area contributed by atoms with Crippen LogP contribution in [0.25, 0.3) is 39.5 Å². The zero-order chi connectivity index (χ0) is 21.0. The van der Waals surface area contributed by atoms with Crippen LogP contribution in [0.4, 0.5) is 13.2 Å². The minimum Gasteiger partial charge on any atom is -0.338 e. The number of H-pyrrole nitrogens is 1. The Hall–Kier alpha value is -3.75. The maximum Gasteiger partial charge on any atom is 0.417 e. The topological polar surface area (TPSA) is 71.8 Å². The van der Waals surface area contributed by atoms with Crippen LogP contribution in [-0.4, -0.2) is 29.5 Å². The molecule has 0 saturated carbocycles. The molecule has 3 heterocycles. The van der Waals surface area contributed by atoms with Gasteiger partial charge >= 0.3 is 6.18 Å². The van der Waals surface area contributed by atoms with Crippen molar-refractivity contribution < 1.29 is 13.2 Å². The fourth-order valence-electron chi connectivity index (χ4n) is 3.43. The lowest BCUT2D eigenvalue weighted by Gasteiger charge is -2.10. The summed E-state index contributed by atoms with van der Waals surface area (Å²) in [5.41, 5.74) is 3.43. The Labute approximate surface area is 168 Å². The molecule has 0 aliphatic carbocycles. The van der Waals surface area contributed by atoms with Gasteiger partial charge in [0.15, 0.2) is 11.5 Å². The van der Waals surface area contributed by atoms with E-state index in [0.717, 1.165) is 23.0 Å². The standard InChI is InChI=1S/C21H15F3N6/c1-11-10-25-12(2)20-28-18(29-30(11)20)13-7-8-16-17(9-13)27-19(26-16)14-5-3-4-6-15(14)21(22,23)24/h3-10H,1-2H3,(H,26,27). The van der Waals surface area contributed by atoms with Crippen LogP contribution in [0, 0.1) is 13.8 Å². The van der Waals surface area contributed by atoms with Crippen molar-refractivity contribution in [2.24, 2.45) is 0 Å². The molecule has 0 radical (unpaired) electrons. The van der Waals surface area contributed by atoms with Crippen LogP contribution in [0.2, 0.25) is 0 Å². The van der Waals surface area contributed by atoms with Crippen molar-refractivity contribution >= 4 is 16.7 Å². The molecule has 0 atom stereocenters. The van der Waals surface area contributed by atoms with Crippen molar-refractivity contribution in [3.8, 4) is 22.8 Å². The number of alkyl halides is 3. The average Bonchev–Trinajstić information content (AvgIpc) is 3.35. The summed E-state index contributed by atoms with van der Waals surface area (Å²) in [6.07, 6.45) is -2.74. The number of nitrogens with one attached hydrogen (secondary N) is 1. The Morgan fingerprint density at radius 2 is 1.80 bits per heavy atom. The maximum atomic E-state index is 13.4. The normalized spacial score (nSPS) is 12.2. The highest BCUT2D eigenvalue weighted by molar-refractivity contribution is 5.84. The van der Waals surface area contributed by atoms with Crippen molar-refractivity contribution in [3.63, 3.8) is 0 Å². The molecule has 0 bridgehead atoms. The summed E-state index contributed by atoms with van der Waals surface area (Å²) in [5, 5.41) is 4.54. The zero-order valence-corrected chi connectivity index (χ0v) is 16.0. The highest BCUT2D eigenvalue weighted by Crippen LogP contribution is 2.36. The number of aromatic amines is 1. The van der Waals surface area contributed by atoms with Gasteiger partial charge in [0.1, 0.15) is 5.82 Å². The summed E-state index contributed by atoms with van der Waals surface area (Å²) in [5.74, 6) is 0.664. The Morgan fingerprint density at radius 3 is 2.57 bits per heavy atom. The molecule has 9 heteroatoms. The number of fused-ring (bicyclic) bond motifs is 2. The molecule has 6 nitrogen and oxygen atoms in total. The monoisotopic (exact) mass is 408 g/mol. The van der Waals surface area contributed by atoms with Crippen molar-refractivity contribution in [3.05, 3.63) is 65.6 Å². The first-order valence-corrected chi connectivity index (χ1v) is 9.17. The summed E-state index contributed by atoms with van der Waals surface area (Å²) in [6.45, 7) is 3.75. The number of halogens is 3. The van der Waals surface area contributed by atoms with Gasteiger partial charge in [0, 0.05) is 17.3 Å². The maximum absolute atomic E-state index is 13.4. The Bertz CT molecular complexity index is 1370. The highest BCUT2D eigenvalue weighted by Gasteiger charge is 2.34. The second-order valence-electron chi connectivity index (χ2n) is 7.02. The largest absolute Gasteiger partial charge is 0.417 e. The molecule has 0 fully saturated rings. The van der Waals surface area contributed by atoms with Gasteiger partial charge in [0.25, 0.3) is 0 Å². The van der Waals surface area contributed by atoms with E-state index < -0.39 is 11.7 Å². The van der Waals surface area contributed by atoms with Crippen LogP contribution in [0.1, 0.15) is 17.0 Å². The molecular formula is C21H15F3N6. The first-order valence-electron chi connectivity index (χ1n) is 9.17. The summed E-state index contributed by atoms with van der Waals surface area (Å²) in [6, 6.07) is 10.7. The molecular weight excluding hydrogens is 393 g/mol. The quantitative estimate of drug-likeness (QED) is 0.448. The van der Waals surface area contributed by atoms with Crippen LogP contribution in [0.3, 0.4) is 0 Å². The molecule has 0 unspecified atom stereocenters. The first-order chi connectivity index (χ1) is 14.3. The Balaban J connectivity index is 1.63. The van der Waals surface area contributed by atoms with Gasteiger partial charge in [-0.2, -0.15) is 13.2 Å². The third-order valence-corrected chi connectivity index (χ3v) is 4.94. The van der Waals surface area contributed by atoms with Crippen LogP contribution in [0.15, 0.2) is 48.7 Å². The van der Waals surface area contributed by atoms with Gasteiger partial charge in [0.2, 0.25) is 0 Å². The molecule has 0 spiro atoms. The lowest BCUT2D eigenvalue weighted by molar-refractivity contribution is -0.137. The minimum atomic E-state index is -4.47. The van der Waals surface area contributed by atoms with Crippen molar-refractivity contribution in [1.29, 1.82) is 0 Å². The lowest BCUT2D eigenvalue weighted by atomic mass is 10.1. The minimum absolute atomic E-state index is 0.00549. The average molecular weight is 408 g/mol. The number of rotatable bonds is 2. The molecule has 5 rings (SSSR count). The second kappa shape index (κ2) is 6.38. The van der Waals surface area contributed by atoms with E-state index in [1.807, 2.05) is 13.8 Å². The molecule has 2 aromatic carbocycles. The lowest BCUT2D eigenvalue weighted by Crippen LogP contribution is -2.07. The number of nitrogens with zero attached hydrogens (tertiary/aromatic N) is 5. The van der Waals surface area contributed by atoms with Crippen LogP contribution < -0.4 is 0 Å². The van der Waals surface area contributed by atoms with Crippen molar-refractivity contribution in [2.75, 3.05) is 0 Å². The van der Waals surface area contributed by atoms with E-state index >= 15 is 0 Å². The molecule has 0 amide bonds. The van der Waals surface area contributed by atoms with E-state index in [1.165, 1.54) is 12.1 Å². The molecule has 0 aliphatic rings. The summed E-state index contributed by atoms with van der Waals surface area (Å²) in [4.78, 5) is 16.2. The molecule has 0 aliphatic heterocycles. The van der Waals surface area contributed by atoms with Gasteiger partial charge in [-0.3, -0.25) is 4.98 Å². The van der Waals surface area contributed by atoms with Gasteiger partial charge in [0.05, 0.1) is 28.0 Å². The molecule has 3 aromatic heterocycles. The smallest absolute Gasteiger partial charge is 0.338 e. The van der Waals surface area contributed by atoms with Crippen LogP contribution >= 0.6 is 0 Å². The molecule has 1 N–H and O–H groups in total. The van der Waals surface area contributed by atoms with Crippen molar-refractivity contribution in [2.45, 2.75) is 20.0 Å². The number of aryl methyl sites for hydroxylation is 2.